The predicted octanol–water partition coefficient (Wildman–Crippen LogP) is 3.67. The van der Waals surface area contributed by atoms with Crippen molar-refractivity contribution in [3.8, 4) is 28.5 Å². The summed E-state index contributed by atoms with van der Waals surface area (Å²) in [5, 5.41) is 2.79. The number of benzene rings is 1. The molecule has 2 aromatic heterocycles. The van der Waals surface area contributed by atoms with E-state index in [1.54, 1.807) is 35.0 Å². The van der Waals surface area contributed by atoms with Gasteiger partial charge in [0.2, 0.25) is 0 Å². The Kier molecular flexibility index (Phi) is 5.76. The molecule has 1 atom stereocenters. The third kappa shape index (κ3) is 4.56. The summed E-state index contributed by atoms with van der Waals surface area (Å²) in [6, 6.07) is 6.64. The molecule has 1 unspecified atom stereocenters. The molecule has 5 rings (SSSR count). The minimum atomic E-state index is -3.10. The van der Waals surface area contributed by atoms with Crippen LogP contribution in [0.3, 0.4) is 0 Å². The third-order valence-corrected chi connectivity index (χ3v) is 5.65. The third-order valence-electron chi connectivity index (χ3n) is 5.65. The van der Waals surface area contributed by atoms with Gasteiger partial charge in [-0.3, -0.25) is 9.20 Å². The van der Waals surface area contributed by atoms with E-state index in [1.807, 2.05) is 0 Å². The first-order valence-electron chi connectivity index (χ1n) is 10.7. The van der Waals surface area contributed by atoms with Crippen molar-refractivity contribution < 1.29 is 32.5 Å². The number of hydrogen-bond donors (Lipinski definition) is 1. The number of ether oxygens (including phenoxy) is 4. The molecule has 1 saturated carbocycles. The van der Waals surface area contributed by atoms with E-state index >= 15 is 0 Å². The van der Waals surface area contributed by atoms with Crippen molar-refractivity contribution in [1.29, 1.82) is 0 Å². The molecule has 3 heterocycles. The Bertz CT molecular complexity index is 1170. The standard InChI is InChI=1S/C23H23F2N3O5/c1-30-18-8-13(9-19(33-23(24)25)21(18)22(29)27-14-2-3-14)17-11-26-20-10-15(4-6-28(17)20)32-12-16-5-7-31-16/h4,6,8-11,14,16,23H,2-3,5,7,12H2,1H3,(H,27,29). The minimum Gasteiger partial charge on any atom is -0.496 e. The summed E-state index contributed by atoms with van der Waals surface area (Å²) in [5.74, 6) is 0.0260. The number of rotatable bonds is 9. The van der Waals surface area contributed by atoms with Crippen LogP contribution in [0, 0.1) is 0 Å². The van der Waals surface area contributed by atoms with Crippen LogP contribution >= 0.6 is 0 Å². The van der Waals surface area contributed by atoms with Gasteiger partial charge in [0.15, 0.2) is 0 Å². The number of amides is 1. The number of nitrogens with zero attached hydrogens (tertiary/aromatic N) is 2. The van der Waals surface area contributed by atoms with Gasteiger partial charge in [-0.15, -0.1) is 0 Å². The minimum absolute atomic E-state index is 0.0484. The number of halogens is 2. The quantitative estimate of drug-likeness (QED) is 0.526. The topological polar surface area (TPSA) is 83.3 Å². The molecular formula is C23H23F2N3O5. The molecule has 0 bridgehead atoms. The van der Waals surface area contributed by atoms with E-state index in [2.05, 4.69) is 10.3 Å². The molecule has 33 heavy (non-hydrogen) atoms. The lowest BCUT2D eigenvalue weighted by molar-refractivity contribution is -0.0720. The molecule has 1 amide bonds. The predicted molar refractivity (Wildman–Crippen MR) is 114 cm³/mol. The molecule has 1 N–H and O–H groups in total. The van der Waals surface area contributed by atoms with Crippen molar-refractivity contribution >= 4 is 11.6 Å². The molecule has 10 heteroatoms. The summed E-state index contributed by atoms with van der Waals surface area (Å²) in [6.45, 7) is -1.86. The summed E-state index contributed by atoms with van der Waals surface area (Å²) in [4.78, 5) is 17.1. The van der Waals surface area contributed by atoms with Crippen LogP contribution in [-0.4, -0.2) is 54.4 Å². The van der Waals surface area contributed by atoms with Crippen molar-refractivity contribution in [1.82, 2.24) is 14.7 Å². The highest BCUT2D eigenvalue weighted by atomic mass is 19.3. The van der Waals surface area contributed by atoms with Crippen LogP contribution in [0.2, 0.25) is 0 Å². The molecule has 1 saturated heterocycles. The zero-order valence-corrected chi connectivity index (χ0v) is 17.9. The molecule has 1 aliphatic carbocycles. The maximum Gasteiger partial charge on any atom is 0.387 e. The molecule has 2 aliphatic rings. The average molecular weight is 459 g/mol. The van der Waals surface area contributed by atoms with Crippen LogP contribution in [0.4, 0.5) is 8.78 Å². The maximum atomic E-state index is 13.2. The average Bonchev–Trinajstić information content (AvgIpc) is 3.46. The number of pyridine rings is 1. The summed E-state index contributed by atoms with van der Waals surface area (Å²) in [5.41, 5.74) is 1.68. The van der Waals surface area contributed by atoms with E-state index in [4.69, 9.17) is 18.9 Å². The zero-order valence-electron chi connectivity index (χ0n) is 17.9. The number of aromatic nitrogens is 2. The van der Waals surface area contributed by atoms with E-state index in [9.17, 15) is 13.6 Å². The zero-order chi connectivity index (χ0) is 22.9. The van der Waals surface area contributed by atoms with Crippen molar-refractivity contribution in [3.05, 3.63) is 42.2 Å². The van der Waals surface area contributed by atoms with Crippen LogP contribution in [0.1, 0.15) is 29.6 Å². The number of carbonyl (C=O) groups excluding carboxylic acids is 1. The van der Waals surface area contributed by atoms with Gasteiger partial charge in [-0.25, -0.2) is 4.98 Å². The fourth-order valence-electron chi connectivity index (χ4n) is 3.67. The van der Waals surface area contributed by atoms with Gasteiger partial charge in [-0.1, -0.05) is 0 Å². The molecule has 2 fully saturated rings. The Morgan fingerprint density at radius 3 is 2.73 bits per heavy atom. The second-order valence-electron chi connectivity index (χ2n) is 8.00. The summed E-state index contributed by atoms with van der Waals surface area (Å²) < 4.78 is 49.4. The second-order valence-corrected chi connectivity index (χ2v) is 8.00. The molecule has 1 aliphatic heterocycles. The van der Waals surface area contributed by atoms with Crippen LogP contribution in [0.15, 0.2) is 36.7 Å². The lowest BCUT2D eigenvalue weighted by Crippen LogP contribution is -2.32. The van der Waals surface area contributed by atoms with Gasteiger partial charge in [0, 0.05) is 36.9 Å². The van der Waals surface area contributed by atoms with Gasteiger partial charge in [-0.2, -0.15) is 8.78 Å². The van der Waals surface area contributed by atoms with Crippen molar-refractivity contribution in [3.63, 3.8) is 0 Å². The Morgan fingerprint density at radius 1 is 1.27 bits per heavy atom. The number of alkyl halides is 2. The Hall–Kier alpha value is -3.40. The molecular weight excluding hydrogens is 436 g/mol. The van der Waals surface area contributed by atoms with Gasteiger partial charge in [-0.05, 0) is 31.0 Å². The first kappa shape index (κ1) is 21.4. The molecule has 0 radical (unpaired) electrons. The molecule has 8 nitrogen and oxygen atoms in total. The van der Waals surface area contributed by atoms with Gasteiger partial charge in [0.1, 0.15) is 35.1 Å². The number of hydrogen-bond acceptors (Lipinski definition) is 6. The van der Waals surface area contributed by atoms with Gasteiger partial charge in [0.05, 0.1) is 25.1 Å². The van der Waals surface area contributed by atoms with Gasteiger partial charge in [0.25, 0.3) is 5.91 Å². The van der Waals surface area contributed by atoms with Crippen LogP contribution in [-0.2, 0) is 4.74 Å². The smallest absolute Gasteiger partial charge is 0.387 e. The molecule has 3 aromatic rings. The summed E-state index contributed by atoms with van der Waals surface area (Å²) in [6.07, 6.45) is 6.21. The number of fused-ring (bicyclic) bond motifs is 1. The fourth-order valence-corrected chi connectivity index (χ4v) is 3.67. The van der Waals surface area contributed by atoms with E-state index in [1.165, 1.54) is 13.2 Å². The van der Waals surface area contributed by atoms with Crippen molar-refractivity contribution in [2.75, 3.05) is 20.3 Å². The van der Waals surface area contributed by atoms with E-state index < -0.39 is 12.5 Å². The largest absolute Gasteiger partial charge is 0.496 e. The molecule has 0 spiro atoms. The Balaban J connectivity index is 1.48. The normalized spacial score (nSPS) is 17.6. The summed E-state index contributed by atoms with van der Waals surface area (Å²) >= 11 is 0. The number of nitrogens with one attached hydrogen (secondary N) is 1. The Morgan fingerprint density at radius 2 is 2.06 bits per heavy atom. The molecule has 174 valence electrons. The Labute approximate surface area is 188 Å². The lowest BCUT2D eigenvalue weighted by atomic mass is 10.1. The monoisotopic (exact) mass is 459 g/mol. The van der Waals surface area contributed by atoms with E-state index in [0.717, 1.165) is 25.9 Å². The highest BCUT2D eigenvalue weighted by molar-refractivity contribution is 6.01. The number of imidazole rings is 1. The van der Waals surface area contributed by atoms with Crippen molar-refractivity contribution in [2.45, 2.75) is 38.0 Å². The SMILES string of the molecule is COc1cc(-c2cnc3cc(OCC4CCO4)ccn23)cc(OC(F)F)c1C(=O)NC1CC1. The van der Waals surface area contributed by atoms with E-state index in [-0.39, 0.29) is 29.2 Å². The highest BCUT2D eigenvalue weighted by Crippen LogP contribution is 2.37. The second kappa shape index (κ2) is 8.86. The van der Waals surface area contributed by atoms with Crippen LogP contribution in [0.25, 0.3) is 16.9 Å². The number of methoxy groups -OCH3 is 1. The maximum absolute atomic E-state index is 13.2. The van der Waals surface area contributed by atoms with Gasteiger partial charge < -0.3 is 24.3 Å². The fraction of sp³-hybridized carbons (Fsp3) is 0.391. The summed E-state index contributed by atoms with van der Waals surface area (Å²) in [7, 11) is 1.38. The lowest BCUT2D eigenvalue weighted by Gasteiger charge is -2.26. The van der Waals surface area contributed by atoms with Crippen molar-refractivity contribution in [2.24, 2.45) is 0 Å². The first-order chi connectivity index (χ1) is 16.0. The van der Waals surface area contributed by atoms with Gasteiger partial charge >= 0.3 is 6.61 Å². The number of carbonyl (C=O) groups is 1. The highest BCUT2D eigenvalue weighted by Gasteiger charge is 2.29. The first-order valence-corrected chi connectivity index (χ1v) is 10.7. The van der Waals surface area contributed by atoms with Crippen LogP contribution < -0.4 is 19.5 Å². The van der Waals surface area contributed by atoms with Crippen LogP contribution in [0.5, 0.6) is 17.2 Å². The molecule has 1 aromatic carbocycles. The van der Waals surface area contributed by atoms with E-state index in [0.29, 0.717) is 29.3 Å².